The van der Waals surface area contributed by atoms with E-state index in [1.807, 2.05) is 57.2 Å². The van der Waals surface area contributed by atoms with E-state index in [0.717, 1.165) is 16.9 Å². The third-order valence-corrected chi connectivity index (χ3v) is 5.91. The molecule has 0 fully saturated rings. The zero-order chi connectivity index (χ0) is 22.4. The predicted molar refractivity (Wildman–Crippen MR) is 122 cm³/mol. The summed E-state index contributed by atoms with van der Waals surface area (Å²) in [7, 11) is -3.82. The third kappa shape index (κ3) is 6.08. The Hall–Kier alpha value is -3.32. The van der Waals surface area contributed by atoms with Crippen molar-refractivity contribution in [1.29, 1.82) is 0 Å². The van der Waals surface area contributed by atoms with Crippen LogP contribution in [0.4, 0.5) is 5.69 Å². The molecule has 3 aromatic rings. The summed E-state index contributed by atoms with van der Waals surface area (Å²) in [6, 6.07) is 20.6. The molecule has 2 N–H and O–H groups in total. The van der Waals surface area contributed by atoms with E-state index in [1.165, 1.54) is 12.1 Å². The first-order chi connectivity index (χ1) is 14.7. The molecule has 7 heteroatoms. The Morgan fingerprint density at radius 2 is 1.68 bits per heavy atom. The zero-order valence-electron chi connectivity index (χ0n) is 17.8. The molecule has 162 valence electrons. The molecule has 0 aliphatic carbocycles. The zero-order valence-corrected chi connectivity index (χ0v) is 18.6. The second-order valence-corrected chi connectivity index (χ2v) is 9.12. The Balaban J connectivity index is 1.68. The summed E-state index contributed by atoms with van der Waals surface area (Å²) in [5.41, 5.74) is 2.49. The minimum Gasteiger partial charge on any atom is -0.491 e. The molecule has 0 radical (unpaired) electrons. The fraction of sp³-hybridized carbons (Fsp3) is 0.208. The number of sulfonamides is 1. The Bertz CT molecular complexity index is 1160. The highest BCUT2D eigenvalue weighted by atomic mass is 32.2. The second kappa shape index (κ2) is 9.66. The highest BCUT2D eigenvalue weighted by molar-refractivity contribution is 7.92. The molecular weight excluding hydrogens is 412 g/mol. The molecule has 3 aromatic carbocycles. The number of nitrogens with one attached hydrogen (secondary N) is 2. The Kier molecular flexibility index (Phi) is 6.97. The van der Waals surface area contributed by atoms with Crippen LogP contribution in [-0.4, -0.2) is 20.4 Å². The van der Waals surface area contributed by atoms with Crippen LogP contribution in [-0.2, 0) is 16.6 Å². The van der Waals surface area contributed by atoms with Crippen molar-refractivity contribution in [2.75, 3.05) is 4.72 Å². The van der Waals surface area contributed by atoms with Gasteiger partial charge in [0.05, 0.1) is 16.7 Å². The molecule has 0 bridgehead atoms. The van der Waals surface area contributed by atoms with E-state index < -0.39 is 10.0 Å². The number of rotatable bonds is 8. The van der Waals surface area contributed by atoms with E-state index >= 15 is 0 Å². The van der Waals surface area contributed by atoms with E-state index in [9.17, 15) is 13.2 Å². The SMILES string of the molecule is Cc1ccccc1NS(=O)(=O)c1cccc(C(=O)NCc2ccc(OC(C)C)cc2)c1. The van der Waals surface area contributed by atoms with Gasteiger partial charge in [0.1, 0.15) is 5.75 Å². The molecule has 0 aliphatic rings. The van der Waals surface area contributed by atoms with Crippen molar-refractivity contribution in [1.82, 2.24) is 5.32 Å². The molecule has 0 atom stereocenters. The van der Waals surface area contributed by atoms with Crippen LogP contribution in [0.25, 0.3) is 0 Å². The lowest BCUT2D eigenvalue weighted by Crippen LogP contribution is -2.23. The molecule has 0 saturated carbocycles. The van der Waals surface area contributed by atoms with Crippen molar-refractivity contribution >= 4 is 21.6 Å². The van der Waals surface area contributed by atoms with Crippen LogP contribution in [0.5, 0.6) is 5.75 Å². The number of aryl methyl sites for hydroxylation is 1. The molecule has 31 heavy (non-hydrogen) atoms. The van der Waals surface area contributed by atoms with Crippen molar-refractivity contribution in [2.24, 2.45) is 0 Å². The maximum atomic E-state index is 12.8. The first-order valence-corrected chi connectivity index (χ1v) is 11.5. The van der Waals surface area contributed by atoms with Gasteiger partial charge in [0.2, 0.25) is 0 Å². The first kappa shape index (κ1) is 22.4. The normalized spacial score (nSPS) is 11.2. The van der Waals surface area contributed by atoms with Crippen LogP contribution >= 0.6 is 0 Å². The maximum absolute atomic E-state index is 12.8. The van der Waals surface area contributed by atoms with Gasteiger partial charge in [-0.25, -0.2) is 8.42 Å². The molecule has 0 spiro atoms. The lowest BCUT2D eigenvalue weighted by atomic mass is 10.2. The number of hydrogen-bond acceptors (Lipinski definition) is 4. The van der Waals surface area contributed by atoms with E-state index in [4.69, 9.17) is 4.74 Å². The number of carbonyl (C=O) groups is 1. The standard InChI is InChI=1S/C24H26N2O4S/c1-17(2)30-21-13-11-19(12-14-21)16-25-24(27)20-8-6-9-22(15-20)31(28,29)26-23-10-5-4-7-18(23)3/h4-15,17,26H,16H2,1-3H3,(H,25,27). The van der Waals surface area contributed by atoms with Crippen molar-refractivity contribution in [3.05, 3.63) is 89.5 Å². The highest BCUT2D eigenvalue weighted by Crippen LogP contribution is 2.20. The van der Waals surface area contributed by atoms with Gasteiger partial charge in [0, 0.05) is 12.1 Å². The summed E-state index contributed by atoms with van der Waals surface area (Å²) in [4.78, 5) is 12.6. The third-order valence-electron chi connectivity index (χ3n) is 4.54. The molecular formula is C24H26N2O4S. The van der Waals surface area contributed by atoms with Gasteiger partial charge in [-0.3, -0.25) is 9.52 Å². The van der Waals surface area contributed by atoms with Crippen molar-refractivity contribution < 1.29 is 17.9 Å². The van der Waals surface area contributed by atoms with E-state index in [2.05, 4.69) is 10.0 Å². The van der Waals surface area contributed by atoms with Crippen molar-refractivity contribution in [3.63, 3.8) is 0 Å². The average molecular weight is 439 g/mol. The smallest absolute Gasteiger partial charge is 0.261 e. The van der Waals surface area contributed by atoms with Crippen LogP contribution in [0, 0.1) is 6.92 Å². The lowest BCUT2D eigenvalue weighted by Gasteiger charge is -2.12. The van der Waals surface area contributed by atoms with Gasteiger partial charge in [0.25, 0.3) is 15.9 Å². The number of para-hydroxylation sites is 1. The number of anilines is 1. The quantitative estimate of drug-likeness (QED) is 0.542. The van der Waals surface area contributed by atoms with Gasteiger partial charge in [-0.2, -0.15) is 0 Å². The molecule has 1 amide bonds. The number of amides is 1. The number of carbonyl (C=O) groups excluding carboxylic acids is 1. The minimum atomic E-state index is -3.82. The highest BCUT2D eigenvalue weighted by Gasteiger charge is 2.17. The molecule has 3 rings (SSSR count). The second-order valence-electron chi connectivity index (χ2n) is 7.44. The van der Waals surface area contributed by atoms with Crippen molar-refractivity contribution in [3.8, 4) is 5.75 Å². The summed E-state index contributed by atoms with van der Waals surface area (Å²) < 4.78 is 33.7. The van der Waals surface area contributed by atoms with Gasteiger partial charge >= 0.3 is 0 Å². The molecule has 0 saturated heterocycles. The maximum Gasteiger partial charge on any atom is 0.261 e. The van der Waals surface area contributed by atoms with Crippen LogP contribution in [0.15, 0.2) is 77.7 Å². The van der Waals surface area contributed by atoms with Gasteiger partial charge < -0.3 is 10.1 Å². The Morgan fingerprint density at radius 3 is 2.35 bits per heavy atom. The summed E-state index contributed by atoms with van der Waals surface area (Å²) in [6.07, 6.45) is 0.0920. The molecule has 0 unspecified atom stereocenters. The first-order valence-electron chi connectivity index (χ1n) is 9.97. The number of hydrogen-bond donors (Lipinski definition) is 2. The topological polar surface area (TPSA) is 84.5 Å². The van der Waals surface area contributed by atoms with Gasteiger partial charge in [-0.05, 0) is 68.3 Å². The summed E-state index contributed by atoms with van der Waals surface area (Å²) in [5.74, 6) is 0.416. The van der Waals surface area contributed by atoms with E-state index in [1.54, 1.807) is 24.3 Å². The Labute approximate surface area is 183 Å². The Morgan fingerprint density at radius 1 is 0.968 bits per heavy atom. The predicted octanol–water partition coefficient (Wildman–Crippen LogP) is 4.51. The van der Waals surface area contributed by atoms with Crippen LogP contribution < -0.4 is 14.8 Å². The van der Waals surface area contributed by atoms with Gasteiger partial charge in [-0.1, -0.05) is 36.4 Å². The molecule has 0 aromatic heterocycles. The fourth-order valence-electron chi connectivity index (χ4n) is 2.94. The minimum absolute atomic E-state index is 0.0265. The van der Waals surface area contributed by atoms with Crippen LogP contribution in [0.2, 0.25) is 0 Å². The monoisotopic (exact) mass is 438 g/mol. The van der Waals surface area contributed by atoms with Gasteiger partial charge in [-0.15, -0.1) is 0 Å². The summed E-state index contributed by atoms with van der Waals surface area (Å²) >= 11 is 0. The fourth-order valence-corrected chi connectivity index (χ4v) is 4.11. The van der Waals surface area contributed by atoms with Gasteiger partial charge in [0.15, 0.2) is 0 Å². The van der Waals surface area contributed by atoms with Crippen molar-refractivity contribution in [2.45, 2.75) is 38.3 Å². The van der Waals surface area contributed by atoms with Crippen LogP contribution in [0.3, 0.4) is 0 Å². The number of ether oxygens (including phenoxy) is 1. The molecule has 6 nitrogen and oxygen atoms in total. The summed E-state index contributed by atoms with van der Waals surface area (Å²) in [5, 5.41) is 2.82. The molecule has 0 heterocycles. The lowest BCUT2D eigenvalue weighted by molar-refractivity contribution is 0.0950. The van der Waals surface area contributed by atoms with Crippen LogP contribution in [0.1, 0.15) is 35.3 Å². The van der Waals surface area contributed by atoms with E-state index in [0.29, 0.717) is 12.2 Å². The summed E-state index contributed by atoms with van der Waals surface area (Å²) in [6.45, 7) is 6.06. The number of benzene rings is 3. The molecule has 0 aliphatic heterocycles. The average Bonchev–Trinajstić information content (AvgIpc) is 2.74. The van der Waals surface area contributed by atoms with E-state index in [-0.39, 0.29) is 22.5 Å². The largest absolute Gasteiger partial charge is 0.491 e.